The molecule has 14 rings (SSSR count). The molecule has 81 heavy (non-hydrogen) atoms. The molecule has 0 unspecified atom stereocenters. The van der Waals surface area contributed by atoms with Gasteiger partial charge >= 0.3 is 27.3 Å². The van der Waals surface area contributed by atoms with E-state index in [1.807, 2.05) is 133 Å². The third kappa shape index (κ3) is 9.31. The molecule has 0 aromatic heterocycles. The van der Waals surface area contributed by atoms with Crippen LogP contribution in [0.1, 0.15) is 31.8 Å². The van der Waals surface area contributed by atoms with Crippen LogP contribution in [-0.4, -0.2) is 39.2 Å². The largest absolute Gasteiger partial charge is 2.00 e. The number of carbonyl (C=O) groups excluding carboxylic acids is 2. The summed E-state index contributed by atoms with van der Waals surface area (Å²) in [6, 6.07) is 90.0. The minimum atomic E-state index is -1.19. The fourth-order valence-electron chi connectivity index (χ4n) is 12.4. The maximum atomic E-state index is 13.0. The van der Waals surface area contributed by atoms with Gasteiger partial charge in [-0.3, -0.25) is 0 Å². The molecule has 0 aliphatic heterocycles. The second-order valence-electron chi connectivity index (χ2n) is 20.4. The smallest absolute Gasteiger partial charge is 0.545 e. The first-order valence-electron chi connectivity index (χ1n) is 26.9. The minimum Gasteiger partial charge on any atom is -0.545 e. The van der Waals surface area contributed by atoms with Crippen LogP contribution in [0, 0.1) is 13.8 Å². The normalized spacial score (nSPS) is 11.2. The molecule has 0 atom stereocenters. The second-order valence-corrected chi connectivity index (χ2v) is 20.4. The van der Waals surface area contributed by atoms with E-state index in [0.29, 0.717) is 11.1 Å². The van der Waals surface area contributed by atoms with Crippen molar-refractivity contribution in [1.29, 1.82) is 0 Å². The van der Waals surface area contributed by atoms with Crippen LogP contribution in [0.2, 0.25) is 0 Å². The van der Waals surface area contributed by atoms with Crippen LogP contribution in [0.4, 0.5) is 0 Å². The molecular formula is C76H50O4Pb. The zero-order valence-electron chi connectivity index (χ0n) is 44.5. The summed E-state index contributed by atoms with van der Waals surface area (Å²) in [6.07, 6.45) is 0. The van der Waals surface area contributed by atoms with Gasteiger partial charge in [0.25, 0.3) is 0 Å². The molecule has 0 amide bonds. The van der Waals surface area contributed by atoms with Crippen LogP contribution in [0.25, 0.3) is 131 Å². The van der Waals surface area contributed by atoms with Crippen molar-refractivity contribution in [1.82, 2.24) is 0 Å². The van der Waals surface area contributed by atoms with E-state index in [9.17, 15) is 19.8 Å². The molecule has 5 heteroatoms. The Morgan fingerprint density at radius 1 is 0.247 bits per heavy atom. The Morgan fingerprint density at radius 2 is 0.444 bits per heavy atom. The first kappa shape index (κ1) is 52.2. The van der Waals surface area contributed by atoms with Crippen molar-refractivity contribution >= 4 is 104 Å². The number of rotatable bonds is 8. The van der Waals surface area contributed by atoms with E-state index < -0.39 is 11.9 Å². The number of benzene rings is 14. The van der Waals surface area contributed by atoms with Gasteiger partial charge in [0.1, 0.15) is 0 Å². The molecule has 0 aliphatic rings. The van der Waals surface area contributed by atoms with E-state index in [2.05, 4.69) is 147 Å². The summed E-state index contributed by atoms with van der Waals surface area (Å²) in [5.74, 6) is -2.38. The first-order valence-corrected chi connectivity index (χ1v) is 26.9. The second kappa shape index (κ2) is 22.0. The zero-order valence-corrected chi connectivity index (χ0v) is 48.4. The molecular weight excluding hydrogens is 1180 g/mol. The third-order valence-electron chi connectivity index (χ3n) is 16.0. The molecule has 0 heterocycles. The Morgan fingerprint density at radius 3 is 0.691 bits per heavy atom. The van der Waals surface area contributed by atoms with Crippen LogP contribution < -0.4 is 10.2 Å². The molecule has 2 radical (unpaired) electrons. The fourth-order valence-corrected chi connectivity index (χ4v) is 12.4. The van der Waals surface area contributed by atoms with Gasteiger partial charge in [0.2, 0.25) is 0 Å². The SMILES string of the molecule is Cc1c(-c2cccc3ccccc23)cc(C(=O)[O-])c(-c2cccc3ccccc23)c1-c1cccc2ccccc12.Cc1c(-c2cccc3ccccc23)cc(C(=O)[O-])c(-c2cccc3ccccc23)c1-c1cccc2ccccc12.[Pb+2]. The summed E-state index contributed by atoms with van der Waals surface area (Å²) in [7, 11) is 0. The van der Waals surface area contributed by atoms with Crippen LogP contribution in [0.3, 0.4) is 0 Å². The van der Waals surface area contributed by atoms with Crippen LogP contribution >= 0.6 is 0 Å². The topological polar surface area (TPSA) is 80.3 Å². The standard InChI is InChI=1S/2C38H26O2.Pb/c2*1-24-34(31-20-8-14-25-11-2-5-17-28(25)31)23-35(38(39)40)37(33-22-10-16-27-13-4-7-19-30(27)33)36(24)32-21-9-15-26-12-3-6-18-29(26)32;/h2*2-23H,1H3,(H,39,40);/q;;+2/p-2. The molecule has 0 N–H and O–H groups in total. The van der Waals surface area contributed by atoms with Crippen LogP contribution in [0.15, 0.2) is 267 Å². The molecule has 0 saturated carbocycles. The van der Waals surface area contributed by atoms with Crippen molar-refractivity contribution in [2.75, 3.05) is 0 Å². The first-order chi connectivity index (χ1) is 39.2. The van der Waals surface area contributed by atoms with Crippen molar-refractivity contribution < 1.29 is 19.8 Å². The minimum absolute atomic E-state index is 0. The maximum Gasteiger partial charge on any atom is 2.00 e. The Bertz CT molecular complexity index is 4490. The molecule has 0 saturated heterocycles. The van der Waals surface area contributed by atoms with Crippen molar-refractivity contribution in [2.24, 2.45) is 0 Å². The monoisotopic (exact) mass is 1230 g/mol. The maximum absolute atomic E-state index is 13.0. The molecule has 14 aromatic rings. The molecule has 4 nitrogen and oxygen atoms in total. The van der Waals surface area contributed by atoms with Crippen molar-refractivity contribution in [3.05, 3.63) is 289 Å². The van der Waals surface area contributed by atoms with E-state index >= 15 is 0 Å². The Kier molecular flexibility index (Phi) is 14.2. The fraction of sp³-hybridized carbons (Fsp3) is 0.0263. The van der Waals surface area contributed by atoms with Gasteiger partial charge in [-0.1, -0.05) is 255 Å². The summed E-state index contributed by atoms with van der Waals surface area (Å²) >= 11 is 0. The van der Waals surface area contributed by atoms with Crippen molar-refractivity contribution in [2.45, 2.75) is 13.8 Å². The molecule has 382 valence electrons. The number of aromatic carboxylic acids is 2. The molecule has 0 spiro atoms. The molecule has 0 fully saturated rings. The summed E-state index contributed by atoms with van der Waals surface area (Å²) in [5.41, 5.74) is 13.2. The Balaban J connectivity index is 0.000000159. The van der Waals surface area contributed by atoms with Gasteiger partial charge in [0.15, 0.2) is 0 Å². The number of fused-ring (bicyclic) bond motifs is 6. The summed E-state index contributed by atoms with van der Waals surface area (Å²) < 4.78 is 0. The van der Waals surface area contributed by atoms with E-state index in [-0.39, 0.29) is 38.4 Å². The predicted molar refractivity (Wildman–Crippen MR) is 334 cm³/mol. The molecule has 0 bridgehead atoms. The van der Waals surface area contributed by atoms with E-state index in [0.717, 1.165) is 131 Å². The Hall–Kier alpha value is -9.50. The van der Waals surface area contributed by atoms with Gasteiger partial charge in [0.05, 0.1) is 11.9 Å². The van der Waals surface area contributed by atoms with Gasteiger partial charge in [-0.15, -0.1) is 0 Å². The average molecular weight is 1230 g/mol. The van der Waals surface area contributed by atoms with Crippen molar-refractivity contribution in [3.8, 4) is 66.8 Å². The van der Waals surface area contributed by atoms with E-state index in [1.54, 1.807) is 0 Å². The van der Waals surface area contributed by atoms with Crippen molar-refractivity contribution in [3.63, 3.8) is 0 Å². The average Bonchev–Trinajstić information content (AvgIpc) is 3.52. The quantitative estimate of drug-likeness (QED) is 0.142. The van der Waals surface area contributed by atoms with E-state index in [4.69, 9.17) is 0 Å². The van der Waals surface area contributed by atoms with Gasteiger partial charge in [0, 0.05) is 11.1 Å². The van der Waals surface area contributed by atoms with Crippen LogP contribution in [-0.2, 0) is 0 Å². The number of carboxylic acid groups (broad SMARTS) is 2. The zero-order chi connectivity index (χ0) is 54.4. The van der Waals surface area contributed by atoms with Crippen LogP contribution in [0.5, 0.6) is 0 Å². The molecule has 14 aromatic carbocycles. The molecule has 0 aliphatic carbocycles. The van der Waals surface area contributed by atoms with E-state index in [1.165, 1.54) is 0 Å². The van der Waals surface area contributed by atoms with Gasteiger partial charge in [-0.05, 0) is 169 Å². The van der Waals surface area contributed by atoms with Gasteiger partial charge < -0.3 is 19.8 Å². The number of hydrogen-bond donors (Lipinski definition) is 0. The van der Waals surface area contributed by atoms with Gasteiger partial charge in [-0.25, -0.2) is 0 Å². The predicted octanol–water partition coefficient (Wildman–Crippen LogP) is 17.3. The Labute approximate surface area is 490 Å². The summed E-state index contributed by atoms with van der Waals surface area (Å²) in [5, 5.41) is 38.9. The third-order valence-corrected chi connectivity index (χ3v) is 16.0. The number of hydrogen-bond acceptors (Lipinski definition) is 4. The summed E-state index contributed by atoms with van der Waals surface area (Å²) in [4.78, 5) is 26.1. The number of carboxylic acids is 2. The van der Waals surface area contributed by atoms with Gasteiger partial charge in [-0.2, -0.15) is 0 Å². The summed E-state index contributed by atoms with van der Waals surface area (Å²) in [6.45, 7) is 4.23. The number of carbonyl (C=O) groups is 2.